The lowest BCUT2D eigenvalue weighted by Gasteiger charge is -2.16. The fraction of sp³-hybridized carbons (Fsp3) is 0.350. The molecule has 0 fully saturated rings. The third-order valence-corrected chi connectivity index (χ3v) is 4.66. The molecule has 0 saturated carbocycles. The van der Waals surface area contributed by atoms with E-state index in [1.54, 1.807) is 11.8 Å². The standard InChI is InChI=1S/C20H25NOS/c1-15(2)23-19-12-8-7-11-18(19)20(22)21-16(3)13-14-17-9-5-4-6-10-17/h4-12,15-16H,13-14H2,1-3H3,(H,21,22)/t16-/m1/s1. The van der Waals surface area contributed by atoms with Gasteiger partial charge in [-0.05, 0) is 37.5 Å². The van der Waals surface area contributed by atoms with Crippen LogP contribution in [0.5, 0.6) is 0 Å². The lowest BCUT2D eigenvalue weighted by Crippen LogP contribution is -2.33. The molecule has 2 aromatic rings. The van der Waals surface area contributed by atoms with E-state index in [0.29, 0.717) is 5.25 Å². The number of hydrogen-bond donors (Lipinski definition) is 1. The van der Waals surface area contributed by atoms with Crippen molar-refractivity contribution in [2.45, 2.75) is 49.8 Å². The minimum absolute atomic E-state index is 0.0225. The van der Waals surface area contributed by atoms with E-state index in [2.05, 4.69) is 50.4 Å². The van der Waals surface area contributed by atoms with E-state index in [0.717, 1.165) is 23.3 Å². The molecule has 0 aliphatic carbocycles. The van der Waals surface area contributed by atoms with Crippen LogP contribution in [0.15, 0.2) is 59.5 Å². The Bertz CT molecular complexity index is 625. The van der Waals surface area contributed by atoms with Gasteiger partial charge < -0.3 is 5.32 Å². The summed E-state index contributed by atoms with van der Waals surface area (Å²) in [5.74, 6) is 0.0225. The predicted molar refractivity (Wildman–Crippen MR) is 99.1 cm³/mol. The number of hydrogen-bond acceptors (Lipinski definition) is 2. The second-order valence-electron chi connectivity index (χ2n) is 6.06. The van der Waals surface area contributed by atoms with Crippen LogP contribution in [-0.2, 0) is 6.42 Å². The molecule has 0 radical (unpaired) electrons. The highest BCUT2D eigenvalue weighted by molar-refractivity contribution is 8.00. The van der Waals surface area contributed by atoms with Gasteiger partial charge in [-0.3, -0.25) is 4.79 Å². The molecule has 0 saturated heterocycles. The summed E-state index contributed by atoms with van der Waals surface area (Å²) in [7, 11) is 0. The molecule has 122 valence electrons. The van der Waals surface area contributed by atoms with Crippen LogP contribution in [0.1, 0.15) is 43.1 Å². The maximum atomic E-state index is 12.5. The third-order valence-electron chi connectivity index (χ3n) is 3.58. The molecule has 2 aromatic carbocycles. The molecule has 0 heterocycles. The Morgan fingerprint density at radius 2 is 1.65 bits per heavy atom. The maximum absolute atomic E-state index is 12.5. The van der Waals surface area contributed by atoms with E-state index in [-0.39, 0.29) is 11.9 Å². The maximum Gasteiger partial charge on any atom is 0.252 e. The SMILES string of the molecule is CC(C)Sc1ccccc1C(=O)N[C@H](C)CCc1ccccc1. The third kappa shape index (κ3) is 5.76. The molecule has 0 bridgehead atoms. The summed E-state index contributed by atoms with van der Waals surface area (Å²) in [5, 5.41) is 3.59. The summed E-state index contributed by atoms with van der Waals surface area (Å²) in [6.07, 6.45) is 1.92. The van der Waals surface area contributed by atoms with Crippen LogP contribution in [0.2, 0.25) is 0 Å². The second kappa shape index (κ2) is 8.78. The smallest absolute Gasteiger partial charge is 0.252 e. The van der Waals surface area contributed by atoms with Crippen molar-refractivity contribution in [3.8, 4) is 0 Å². The molecule has 0 aliphatic rings. The van der Waals surface area contributed by atoms with Gasteiger partial charge in [-0.2, -0.15) is 0 Å². The van der Waals surface area contributed by atoms with Gasteiger partial charge in [-0.15, -0.1) is 11.8 Å². The normalized spacial score (nSPS) is 12.2. The van der Waals surface area contributed by atoms with Crippen LogP contribution in [0.25, 0.3) is 0 Å². The van der Waals surface area contributed by atoms with E-state index in [9.17, 15) is 4.79 Å². The van der Waals surface area contributed by atoms with Crippen molar-refractivity contribution >= 4 is 17.7 Å². The monoisotopic (exact) mass is 327 g/mol. The van der Waals surface area contributed by atoms with Gasteiger partial charge in [0.15, 0.2) is 0 Å². The molecule has 3 heteroatoms. The Hall–Kier alpha value is -1.74. The number of carbonyl (C=O) groups is 1. The van der Waals surface area contributed by atoms with E-state index in [4.69, 9.17) is 0 Å². The summed E-state index contributed by atoms with van der Waals surface area (Å²) in [6.45, 7) is 6.35. The number of rotatable bonds is 7. The predicted octanol–water partition coefficient (Wildman–Crippen LogP) is 4.94. The zero-order chi connectivity index (χ0) is 16.7. The topological polar surface area (TPSA) is 29.1 Å². The van der Waals surface area contributed by atoms with E-state index in [1.165, 1.54) is 5.56 Å². The Morgan fingerprint density at radius 3 is 2.35 bits per heavy atom. The minimum Gasteiger partial charge on any atom is -0.350 e. The molecule has 0 spiro atoms. The Balaban J connectivity index is 1.93. The first-order chi connectivity index (χ1) is 11.1. The molecule has 0 unspecified atom stereocenters. The molecule has 2 nitrogen and oxygen atoms in total. The van der Waals surface area contributed by atoms with E-state index < -0.39 is 0 Å². The molecule has 2 rings (SSSR count). The van der Waals surface area contributed by atoms with E-state index >= 15 is 0 Å². The first-order valence-electron chi connectivity index (χ1n) is 8.16. The zero-order valence-electron chi connectivity index (χ0n) is 14.1. The van der Waals surface area contributed by atoms with E-state index in [1.807, 2.05) is 30.3 Å². The van der Waals surface area contributed by atoms with Gasteiger partial charge in [0.05, 0.1) is 5.56 Å². The highest BCUT2D eigenvalue weighted by Crippen LogP contribution is 2.26. The Labute approximate surface area is 143 Å². The summed E-state index contributed by atoms with van der Waals surface area (Å²) < 4.78 is 0. The first-order valence-corrected chi connectivity index (χ1v) is 9.04. The van der Waals surface area contributed by atoms with Crippen molar-refractivity contribution in [3.05, 3.63) is 65.7 Å². The lowest BCUT2D eigenvalue weighted by molar-refractivity contribution is 0.0935. The van der Waals surface area contributed by atoms with Gasteiger partial charge >= 0.3 is 0 Å². The molecule has 1 N–H and O–H groups in total. The average molecular weight is 327 g/mol. The Morgan fingerprint density at radius 1 is 1.00 bits per heavy atom. The fourth-order valence-corrected chi connectivity index (χ4v) is 3.37. The van der Waals surface area contributed by atoms with Gasteiger partial charge in [0.25, 0.3) is 5.91 Å². The highest BCUT2D eigenvalue weighted by Gasteiger charge is 2.14. The van der Waals surface area contributed by atoms with Crippen LogP contribution in [-0.4, -0.2) is 17.2 Å². The summed E-state index contributed by atoms with van der Waals surface area (Å²) in [5.41, 5.74) is 2.09. The number of aryl methyl sites for hydroxylation is 1. The van der Waals surface area contributed by atoms with Gasteiger partial charge in [0.1, 0.15) is 0 Å². The van der Waals surface area contributed by atoms with Crippen LogP contribution in [0, 0.1) is 0 Å². The molecule has 0 aromatic heterocycles. The van der Waals surface area contributed by atoms with Crippen LogP contribution >= 0.6 is 11.8 Å². The van der Waals surface area contributed by atoms with Crippen LogP contribution in [0.4, 0.5) is 0 Å². The van der Waals surface area contributed by atoms with Crippen molar-refractivity contribution in [3.63, 3.8) is 0 Å². The zero-order valence-corrected chi connectivity index (χ0v) is 14.9. The molecule has 23 heavy (non-hydrogen) atoms. The van der Waals surface area contributed by atoms with Crippen LogP contribution < -0.4 is 5.32 Å². The number of nitrogens with one attached hydrogen (secondary N) is 1. The highest BCUT2D eigenvalue weighted by atomic mass is 32.2. The fourth-order valence-electron chi connectivity index (χ4n) is 2.41. The average Bonchev–Trinajstić information content (AvgIpc) is 2.54. The summed E-state index contributed by atoms with van der Waals surface area (Å²) >= 11 is 1.73. The van der Waals surface area contributed by atoms with Crippen molar-refractivity contribution in [2.24, 2.45) is 0 Å². The summed E-state index contributed by atoms with van der Waals surface area (Å²) in [6, 6.07) is 18.4. The van der Waals surface area contributed by atoms with Gasteiger partial charge in [0, 0.05) is 16.2 Å². The summed E-state index contributed by atoms with van der Waals surface area (Å²) in [4.78, 5) is 13.6. The van der Waals surface area contributed by atoms with Crippen molar-refractivity contribution < 1.29 is 4.79 Å². The molecule has 1 amide bonds. The minimum atomic E-state index is 0.0225. The first kappa shape index (κ1) is 17.6. The second-order valence-corrected chi connectivity index (χ2v) is 7.68. The number of carbonyl (C=O) groups excluding carboxylic acids is 1. The van der Waals surface area contributed by atoms with Crippen molar-refractivity contribution in [2.75, 3.05) is 0 Å². The van der Waals surface area contributed by atoms with Crippen molar-refractivity contribution in [1.82, 2.24) is 5.32 Å². The van der Waals surface area contributed by atoms with Gasteiger partial charge in [-0.1, -0.05) is 56.3 Å². The molecule has 0 aliphatic heterocycles. The van der Waals surface area contributed by atoms with Gasteiger partial charge in [0.2, 0.25) is 0 Å². The Kier molecular flexibility index (Phi) is 6.72. The largest absolute Gasteiger partial charge is 0.350 e. The molecular weight excluding hydrogens is 302 g/mol. The molecule has 1 atom stereocenters. The quantitative estimate of drug-likeness (QED) is 0.730. The van der Waals surface area contributed by atoms with Crippen LogP contribution in [0.3, 0.4) is 0 Å². The number of thioether (sulfide) groups is 1. The number of amides is 1. The molecular formula is C20H25NOS. The van der Waals surface area contributed by atoms with Gasteiger partial charge in [-0.25, -0.2) is 0 Å². The number of benzene rings is 2. The van der Waals surface area contributed by atoms with Crippen molar-refractivity contribution in [1.29, 1.82) is 0 Å². The lowest BCUT2D eigenvalue weighted by atomic mass is 10.1.